The molecule has 8 nitrogen and oxygen atoms in total. The van der Waals surface area contributed by atoms with Gasteiger partial charge in [0.25, 0.3) is 0 Å². The van der Waals surface area contributed by atoms with Gasteiger partial charge in [-0.3, -0.25) is 14.4 Å². The Hall–Kier alpha value is -1.93. The molecule has 1 aliphatic heterocycles. The van der Waals surface area contributed by atoms with Gasteiger partial charge in [0.2, 0.25) is 11.8 Å². The third-order valence-electron chi connectivity index (χ3n) is 8.23. The van der Waals surface area contributed by atoms with Crippen LogP contribution in [0.15, 0.2) is 12.2 Å². The first kappa shape index (κ1) is 39.1. The standard InChI is InChI=1S/C35H64N2O6/c1-6-7-8-9-10-11-12-13-14-15-16-17-18-19-22-25-30(38)36-26-23-20-21-24-29(33(40)41)27-37-32(39)31-34(2,3)28-42-35(4,5)43-31/h13-14,29,31H,6-12,15-28H2,1-5H3,(H,36,38)(H,37,39)(H,40,41)/b14-13-. The Morgan fingerprint density at radius 3 is 2.02 bits per heavy atom. The number of unbranched alkanes of at least 4 members (excludes halogenated alkanes) is 13. The second kappa shape index (κ2) is 22.6. The first-order valence-corrected chi connectivity index (χ1v) is 17.2. The normalized spacial score (nSPS) is 18.4. The number of carbonyl (C=O) groups is 3. The number of rotatable bonds is 25. The van der Waals surface area contributed by atoms with E-state index in [4.69, 9.17) is 9.47 Å². The monoisotopic (exact) mass is 608 g/mol. The fourth-order valence-corrected chi connectivity index (χ4v) is 5.32. The molecule has 3 N–H and O–H groups in total. The van der Waals surface area contributed by atoms with Crippen LogP contribution in [0.3, 0.4) is 0 Å². The SMILES string of the molecule is CCCCCCCC/C=C\CCCCCCCC(=O)NCCCCCC(CNC(=O)C1OC(C)(C)OCC1(C)C)C(=O)O. The lowest BCUT2D eigenvalue weighted by Gasteiger charge is -2.44. The summed E-state index contributed by atoms with van der Waals surface area (Å²) >= 11 is 0. The Kier molecular flexibility index (Phi) is 20.5. The maximum atomic E-state index is 12.8. The molecule has 0 bridgehead atoms. The Labute approximate surface area is 262 Å². The van der Waals surface area contributed by atoms with Crippen molar-refractivity contribution >= 4 is 17.8 Å². The molecule has 1 aliphatic rings. The Balaban J connectivity index is 2.04. The van der Waals surface area contributed by atoms with Crippen LogP contribution >= 0.6 is 0 Å². The number of nitrogens with one attached hydrogen (secondary N) is 2. The average molecular weight is 609 g/mol. The van der Waals surface area contributed by atoms with Gasteiger partial charge in [-0.05, 0) is 58.8 Å². The van der Waals surface area contributed by atoms with Crippen LogP contribution in [0.5, 0.6) is 0 Å². The van der Waals surface area contributed by atoms with Crippen LogP contribution in [0, 0.1) is 11.3 Å². The van der Waals surface area contributed by atoms with E-state index in [1.165, 1.54) is 70.6 Å². The number of allylic oxidation sites excluding steroid dienone is 2. The summed E-state index contributed by atoms with van der Waals surface area (Å²) < 4.78 is 11.5. The highest BCUT2D eigenvalue weighted by atomic mass is 16.7. The molecule has 1 fully saturated rings. The van der Waals surface area contributed by atoms with Crippen LogP contribution < -0.4 is 10.6 Å². The number of carbonyl (C=O) groups excluding carboxylic acids is 2. The summed E-state index contributed by atoms with van der Waals surface area (Å²) in [4.78, 5) is 36.7. The minimum Gasteiger partial charge on any atom is -0.481 e. The van der Waals surface area contributed by atoms with E-state index in [9.17, 15) is 19.5 Å². The molecule has 1 rings (SSSR count). The van der Waals surface area contributed by atoms with E-state index >= 15 is 0 Å². The van der Waals surface area contributed by atoms with Crippen LogP contribution in [0.1, 0.15) is 150 Å². The van der Waals surface area contributed by atoms with Crippen molar-refractivity contribution in [2.45, 2.75) is 162 Å². The largest absolute Gasteiger partial charge is 0.481 e. The van der Waals surface area contributed by atoms with Crippen LogP contribution in [-0.4, -0.2) is 54.5 Å². The van der Waals surface area contributed by atoms with Gasteiger partial charge in [0.1, 0.15) is 6.10 Å². The summed E-state index contributed by atoms with van der Waals surface area (Å²) in [7, 11) is 0. The molecule has 2 amide bonds. The molecule has 2 atom stereocenters. The van der Waals surface area contributed by atoms with E-state index in [1.807, 2.05) is 13.8 Å². The highest BCUT2D eigenvalue weighted by molar-refractivity contribution is 5.82. The van der Waals surface area contributed by atoms with E-state index < -0.39 is 29.2 Å². The minimum absolute atomic E-state index is 0.0675. The van der Waals surface area contributed by atoms with Gasteiger partial charge in [0.15, 0.2) is 5.79 Å². The first-order chi connectivity index (χ1) is 20.5. The van der Waals surface area contributed by atoms with Gasteiger partial charge in [0.05, 0.1) is 12.5 Å². The first-order valence-electron chi connectivity index (χ1n) is 17.2. The molecule has 1 saturated heterocycles. The van der Waals surface area contributed by atoms with Crippen molar-refractivity contribution in [2.75, 3.05) is 19.7 Å². The van der Waals surface area contributed by atoms with E-state index in [2.05, 4.69) is 29.7 Å². The van der Waals surface area contributed by atoms with Crippen LogP contribution in [0.4, 0.5) is 0 Å². The van der Waals surface area contributed by atoms with Gasteiger partial charge in [-0.1, -0.05) is 97.1 Å². The van der Waals surface area contributed by atoms with Crippen molar-refractivity contribution in [2.24, 2.45) is 11.3 Å². The van der Waals surface area contributed by atoms with Crippen molar-refractivity contribution < 1.29 is 29.0 Å². The molecule has 0 saturated carbocycles. The predicted molar refractivity (Wildman–Crippen MR) is 174 cm³/mol. The van der Waals surface area contributed by atoms with Gasteiger partial charge < -0.3 is 25.2 Å². The molecule has 0 aromatic carbocycles. The lowest BCUT2D eigenvalue weighted by Crippen LogP contribution is -2.57. The van der Waals surface area contributed by atoms with Crippen molar-refractivity contribution in [3.05, 3.63) is 12.2 Å². The second-order valence-corrected chi connectivity index (χ2v) is 13.5. The molecule has 0 radical (unpaired) electrons. The van der Waals surface area contributed by atoms with E-state index in [0.29, 0.717) is 26.0 Å². The summed E-state index contributed by atoms with van der Waals surface area (Å²) in [5, 5.41) is 15.4. The number of aliphatic carboxylic acids is 1. The van der Waals surface area contributed by atoms with E-state index in [1.54, 1.807) is 13.8 Å². The zero-order chi connectivity index (χ0) is 32.0. The van der Waals surface area contributed by atoms with Gasteiger partial charge in [-0.2, -0.15) is 0 Å². The lowest BCUT2D eigenvalue weighted by atomic mass is 9.85. The van der Waals surface area contributed by atoms with E-state index in [0.717, 1.165) is 32.1 Å². The lowest BCUT2D eigenvalue weighted by molar-refractivity contribution is -0.304. The topological polar surface area (TPSA) is 114 Å². The summed E-state index contributed by atoms with van der Waals surface area (Å²) in [5.41, 5.74) is -0.507. The summed E-state index contributed by atoms with van der Waals surface area (Å²) in [6.45, 7) is 10.7. The average Bonchev–Trinajstić information content (AvgIpc) is 2.95. The number of amides is 2. The van der Waals surface area contributed by atoms with Crippen LogP contribution in [0.25, 0.3) is 0 Å². The van der Waals surface area contributed by atoms with Crippen LogP contribution in [0.2, 0.25) is 0 Å². The van der Waals surface area contributed by atoms with Crippen molar-refractivity contribution in [3.8, 4) is 0 Å². The van der Waals surface area contributed by atoms with Gasteiger partial charge >= 0.3 is 5.97 Å². The van der Waals surface area contributed by atoms with Gasteiger partial charge in [-0.15, -0.1) is 0 Å². The maximum absolute atomic E-state index is 12.8. The zero-order valence-corrected chi connectivity index (χ0v) is 28.1. The van der Waals surface area contributed by atoms with Crippen molar-refractivity contribution in [1.82, 2.24) is 10.6 Å². The smallest absolute Gasteiger partial charge is 0.308 e. The molecule has 0 spiro atoms. The summed E-state index contributed by atoms with van der Waals surface area (Å²) in [6.07, 6.45) is 23.6. The highest BCUT2D eigenvalue weighted by Gasteiger charge is 2.45. The molecular formula is C35H64N2O6. The van der Waals surface area contributed by atoms with Crippen molar-refractivity contribution in [3.63, 3.8) is 0 Å². The van der Waals surface area contributed by atoms with Crippen LogP contribution in [-0.2, 0) is 23.9 Å². The highest BCUT2D eigenvalue weighted by Crippen LogP contribution is 2.34. The molecule has 43 heavy (non-hydrogen) atoms. The number of hydrogen-bond donors (Lipinski definition) is 3. The molecule has 0 aromatic heterocycles. The Bertz CT molecular complexity index is 810. The number of carboxylic acid groups (broad SMARTS) is 1. The molecule has 250 valence electrons. The number of carboxylic acids is 1. The zero-order valence-electron chi connectivity index (χ0n) is 28.1. The Morgan fingerprint density at radius 2 is 1.40 bits per heavy atom. The molecule has 0 aliphatic carbocycles. The number of ether oxygens (including phenoxy) is 2. The third kappa shape index (κ3) is 19.1. The fraction of sp³-hybridized carbons (Fsp3) is 0.857. The fourth-order valence-electron chi connectivity index (χ4n) is 5.32. The number of hydrogen-bond acceptors (Lipinski definition) is 5. The molecule has 0 aromatic rings. The van der Waals surface area contributed by atoms with E-state index in [-0.39, 0.29) is 18.4 Å². The van der Waals surface area contributed by atoms with Crippen molar-refractivity contribution in [1.29, 1.82) is 0 Å². The van der Waals surface area contributed by atoms with Gasteiger partial charge in [-0.25, -0.2) is 0 Å². The summed E-state index contributed by atoms with van der Waals surface area (Å²) in [5.74, 6) is -2.63. The molecular weight excluding hydrogens is 544 g/mol. The Morgan fingerprint density at radius 1 is 0.814 bits per heavy atom. The summed E-state index contributed by atoms with van der Waals surface area (Å²) in [6, 6.07) is 0. The quantitative estimate of drug-likeness (QED) is 0.0723. The minimum atomic E-state index is -0.916. The maximum Gasteiger partial charge on any atom is 0.308 e. The molecule has 1 heterocycles. The third-order valence-corrected chi connectivity index (χ3v) is 8.23. The predicted octanol–water partition coefficient (Wildman–Crippen LogP) is 7.70. The second-order valence-electron chi connectivity index (χ2n) is 13.5. The van der Waals surface area contributed by atoms with Gasteiger partial charge in [0, 0.05) is 24.9 Å². The molecule has 2 unspecified atom stereocenters. The molecule has 8 heteroatoms.